The summed E-state index contributed by atoms with van der Waals surface area (Å²) in [6.07, 6.45) is 1.64. The Morgan fingerprint density at radius 3 is 2.56 bits per heavy atom. The van der Waals surface area contributed by atoms with E-state index < -0.39 is 0 Å². The fourth-order valence-electron chi connectivity index (χ4n) is 2.37. The van der Waals surface area contributed by atoms with Gasteiger partial charge in [-0.1, -0.05) is 11.6 Å². The predicted octanol–water partition coefficient (Wildman–Crippen LogP) is 5.46. The molecule has 3 rings (SSSR count). The summed E-state index contributed by atoms with van der Waals surface area (Å²) >= 11 is 7.28. The Labute approximate surface area is 166 Å². The zero-order valence-corrected chi connectivity index (χ0v) is 16.3. The van der Waals surface area contributed by atoms with Crippen molar-refractivity contribution in [2.45, 2.75) is 0 Å². The second-order valence-electron chi connectivity index (χ2n) is 5.43. The number of hydrogen-bond donors (Lipinski definition) is 1. The van der Waals surface area contributed by atoms with E-state index in [-0.39, 0.29) is 0 Å². The van der Waals surface area contributed by atoms with E-state index in [1.165, 1.54) is 11.3 Å². The van der Waals surface area contributed by atoms with Crippen molar-refractivity contribution < 1.29 is 9.47 Å². The Balaban J connectivity index is 1.84. The topological polar surface area (TPSA) is 67.2 Å². The Kier molecular flexibility index (Phi) is 5.97. The first-order valence-electron chi connectivity index (χ1n) is 7.95. The van der Waals surface area contributed by atoms with Crippen molar-refractivity contribution >= 4 is 34.2 Å². The fourth-order valence-corrected chi connectivity index (χ4v) is 3.29. The van der Waals surface area contributed by atoms with E-state index >= 15 is 0 Å². The Morgan fingerprint density at radius 1 is 1.15 bits per heavy atom. The van der Waals surface area contributed by atoms with Crippen molar-refractivity contribution in [2.24, 2.45) is 0 Å². The van der Waals surface area contributed by atoms with E-state index in [4.69, 9.17) is 21.1 Å². The standard InChI is InChI=1S/C20H16ClN3O2S/c1-25-18-8-3-13(9-19(18)26-2)17-12-27-20(24-17)14(10-22)11-23-16-6-4-15(21)5-7-16/h3-9,11-12,23H,1-2H3. The molecule has 0 saturated heterocycles. The SMILES string of the molecule is COc1ccc(-c2csc(C(C#N)=CNc3ccc(Cl)cc3)n2)cc1OC. The number of thiazole rings is 1. The van der Waals surface area contributed by atoms with Gasteiger partial charge in [0.05, 0.1) is 19.9 Å². The molecule has 0 amide bonds. The van der Waals surface area contributed by atoms with Crippen LogP contribution in [-0.2, 0) is 0 Å². The second-order valence-corrected chi connectivity index (χ2v) is 6.72. The number of benzene rings is 2. The molecular formula is C20H16ClN3O2S. The molecule has 0 spiro atoms. The van der Waals surface area contributed by atoms with Crippen molar-refractivity contribution in [2.75, 3.05) is 19.5 Å². The summed E-state index contributed by atoms with van der Waals surface area (Å²) in [4.78, 5) is 4.58. The van der Waals surface area contributed by atoms with Crippen LogP contribution in [0.4, 0.5) is 5.69 Å². The minimum absolute atomic E-state index is 0.446. The van der Waals surface area contributed by atoms with Crippen molar-refractivity contribution in [3.05, 3.63) is 64.1 Å². The van der Waals surface area contributed by atoms with Crippen LogP contribution in [0.1, 0.15) is 5.01 Å². The maximum Gasteiger partial charge on any atom is 0.161 e. The summed E-state index contributed by atoms with van der Waals surface area (Å²) in [6, 6.07) is 15.0. The van der Waals surface area contributed by atoms with Crippen LogP contribution in [0.2, 0.25) is 5.02 Å². The van der Waals surface area contributed by atoms with Crippen molar-refractivity contribution in [3.8, 4) is 28.8 Å². The zero-order chi connectivity index (χ0) is 19.2. The van der Waals surface area contributed by atoms with Gasteiger partial charge < -0.3 is 14.8 Å². The monoisotopic (exact) mass is 397 g/mol. The van der Waals surface area contributed by atoms with Crippen LogP contribution in [0, 0.1) is 11.3 Å². The molecule has 0 radical (unpaired) electrons. The van der Waals surface area contributed by atoms with Crippen molar-refractivity contribution in [3.63, 3.8) is 0 Å². The van der Waals surface area contributed by atoms with E-state index in [0.717, 1.165) is 16.9 Å². The summed E-state index contributed by atoms with van der Waals surface area (Å²) in [6.45, 7) is 0. The Hall–Kier alpha value is -3.01. The van der Waals surface area contributed by atoms with Gasteiger partial charge in [0, 0.05) is 27.9 Å². The number of nitriles is 1. The van der Waals surface area contributed by atoms with Gasteiger partial charge in [-0.3, -0.25) is 0 Å². The molecule has 0 bridgehead atoms. The Morgan fingerprint density at radius 2 is 1.89 bits per heavy atom. The quantitative estimate of drug-likeness (QED) is 0.559. The number of ether oxygens (including phenoxy) is 2. The molecule has 136 valence electrons. The summed E-state index contributed by atoms with van der Waals surface area (Å²) in [7, 11) is 3.18. The van der Waals surface area contributed by atoms with Crippen LogP contribution in [0.5, 0.6) is 11.5 Å². The molecule has 0 atom stereocenters. The van der Waals surface area contributed by atoms with Crippen molar-refractivity contribution in [1.29, 1.82) is 5.26 Å². The molecule has 1 N–H and O–H groups in total. The highest BCUT2D eigenvalue weighted by molar-refractivity contribution is 7.11. The minimum atomic E-state index is 0.446. The van der Waals surface area contributed by atoms with E-state index in [1.807, 2.05) is 35.7 Å². The molecule has 0 aliphatic heterocycles. The highest BCUT2D eigenvalue weighted by atomic mass is 35.5. The van der Waals surface area contributed by atoms with Crippen LogP contribution in [-0.4, -0.2) is 19.2 Å². The first-order valence-corrected chi connectivity index (χ1v) is 9.21. The van der Waals surface area contributed by atoms with Gasteiger partial charge in [-0.15, -0.1) is 11.3 Å². The third-order valence-electron chi connectivity index (χ3n) is 3.76. The largest absolute Gasteiger partial charge is 0.493 e. The normalized spacial score (nSPS) is 11.0. The van der Waals surface area contributed by atoms with Crippen LogP contribution in [0.25, 0.3) is 16.8 Å². The minimum Gasteiger partial charge on any atom is -0.493 e. The fraction of sp³-hybridized carbons (Fsp3) is 0.100. The van der Waals surface area contributed by atoms with Crippen LogP contribution >= 0.6 is 22.9 Å². The zero-order valence-electron chi connectivity index (χ0n) is 14.7. The molecule has 2 aromatic carbocycles. The molecule has 0 saturated carbocycles. The van der Waals surface area contributed by atoms with Gasteiger partial charge in [-0.05, 0) is 42.5 Å². The maximum atomic E-state index is 9.48. The lowest BCUT2D eigenvalue weighted by atomic mass is 10.1. The third-order valence-corrected chi connectivity index (χ3v) is 4.89. The molecule has 1 heterocycles. The molecule has 0 aliphatic carbocycles. The molecule has 0 aliphatic rings. The molecule has 5 nitrogen and oxygen atoms in total. The summed E-state index contributed by atoms with van der Waals surface area (Å²) in [5.74, 6) is 1.28. The van der Waals surface area contributed by atoms with Gasteiger partial charge in [-0.2, -0.15) is 5.26 Å². The lowest BCUT2D eigenvalue weighted by molar-refractivity contribution is 0.355. The number of nitrogens with zero attached hydrogens (tertiary/aromatic N) is 2. The number of nitrogens with one attached hydrogen (secondary N) is 1. The lowest BCUT2D eigenvalue weighted by Crippen LogP contribution is -1.92. The highest BCUT2D eigenvalue weighted by Gasteiger charge is 2.11. The Bertz CT molecular complexity index is 1010. The first kappa shape index (κ1) is 18.8. The number of allylic oxidation sites excluding steroid dienone is 1. The lowest BCUT2D eigenvalue weighted by Gasteiger charge is -2.08. The average molecular weight is 398 g/mol. The first-order chi connectivity index (χ1) is 13.1. The third kappa shape index (κ3) is 4.40. The van der Waals surface area contributed by atoms with Crippen LogP contribution in [0.15, 0.2) is 54.0 Å². The predicted molar refractivity (Wildman–Crippen MR) is 109 cm³/mol. The number of hydrogen-bond acceptors (Lipinski definition) is 6. The average Bonchev–Trinajstić information content (AvgIpc) is 3.19. The number of halogens is 1. The molecule has 3 aromatic rings. The second kappa shape index (κ2) is 8.58. The van der Waals surface area contributed by atoms with Crippen LogP contribution < -0.4 is 14.8 Å². The van der Waals surface area contributed by atoms with Gasteiger partial charge in [0.1, 0.15) is 16.6 Å². The van der Waals surface area contributed by atoms with Gasteiger partial charge in [-0.25, -0.2) is 4.98 Å². The number of anilines is 1. The molecule has 7 heteroatoms. The van der Waals surface area contributed by atoms with E-state index in [1.54, 1.807) is 32.6 Å². The van der Waals surface area contributed by atoms with Crippen molar-refractivity contribution in [1.82, 2.24) is 4.98 Å². The van der Waals surface area contributed by atoms with Gasteiger partial charge >= 0.3 is 0 Å². The number of aromatic nitrogens is 1. The van der Waals surface area contributed by atoms with Gasteiger partial charge in [0.15, 0.2) is 11.5 Å². The summed E-state index contributed by atoms with van der Waals surface area (Å²) in [5.41, 5.74) is 2.94. The molecule has 0 unspecified atom stereocenters. The number of rotatable bonds is 6. The smallest absolute Gasteiger partial charge is 0.161 e. The van der Waals surface area contributed by atoms with Gasteiger partial charge in [0.2, 0.25) is 0 Å². The van der Waals surface area contributed by atoms with Crippen LogP contribution in [0.3, 0.4) is 0 Å². The van der Waals surface area contributed by atoms with Gasteiger partial charge in [0.25, 0.3) is 0 Å². The highest BCUT2D eigenvalue weighted by Crippen LogP contribution is 2.33. The molecule has 1 aromatic heterocycles. The van der Waals surface area contributed by atoms with E-state index in [0.29, 0.717) is 27.1 Å². The summed E-state index contributed by atoms with van der Waals surface area (Å²) in [5, 5.41) is 15.8. The maximum absolute atomic E-state index is 9.48. The number of methoxy groups -OCH3 is 2. The van der Waals surface area contributed by atoms with E-state index in [2.05, 4.69) is 16.4 Å². The molecular weight excluding hydrogens is 382 g/mol. The molecule has 0 fully saturated rings. The molecule has 27 heavy (non-hydrogen) atoms. The van der Waals surface area contributed by atoms with E-state index in [9.17, 15) is 5.26 Å². The summed E-state index contributed by atoms with van der Waals surface area (Å²) < 4.78 is 10.6.